The number of thiocarbonyl (C=S) groups is 1. The minimum atomic E-state index is -4.39. The molecule has 0 unspecified atom stereocenters. The van der Waals surface area contributed by atoms with E-state index in [1.165, 1.54) is 12.1 Å². The fourth-order valence-corrected chi connectivity index (χ4v) is 3.53. The number of aliphatic imine (C=N–C) groups is 1. The van der Waals surface area contributed by atoms with Crippen molar-refractivity contribution in [1.82, 2.24) is 20.2 Å². The summed E-state index contributed by atoms with van der Waals surface area (Å²) in [6, 6.07) is 6.47. The molecule has 1 aromatic carbocycles. The van der Waals surface area contributed by atoms with Crippen molar-refractivity contribution in [2.45, 2.75) is 26.4 Å². The number of anilines is 2. The topological polar surface area (TPSA) is 86.7 Å². The van der Waals surface area contributed by atoms with Gasteiger partial charge in [-0.1, -0.05) is 0 Å². The Hall–Kier alpha value is -2.83. The molecule has 3 rings (SSSR count). The molecule has 0 radical (unpaired) electrons. The largest absolute Gasteiger partial charge is 0.416 e. The van der Waals surface area contributed by atoms with Crippen LogP contribution in [-0.4, -0.2) is 65.3 Å². The van der Waals surface area contributed by atoms with Gasteiger partial charge in [-0.3, -0.25) is 15.2 Å². The number of rotatable bonds is 6. The minimum Gasteiger partial charge on any atom is -0.379 e. The number of guanidine groups is 1. The lowest BCUT2D eigenvalue weighted by molar-refractivity contribution is -0.137. The summed E-state index contributed by atoms with van der Waals surface area (Å²) < 4.78 is 43.7. The van der Waals surface area contributed by atoms with E-state index in [0.29, 0.717) is 24.1 Å². The normalized spacial score (nSPS) is 15.1. The predicted octanol–water partition coefficient (Wildman–Crippen LogP) is 3.59. The van der Waals surface area contributed by atoms with Crippen LogP contribution in [0.25, 0.3) is 0 Å². The number of ether oxygens (including phenoxy) is 1. The number of aryl methyl sites for hydroxylation is 2. The van der Waals surface area contributed by atoms with E-state index in [9.17, 15) is 13.2 Å². The lowest BCUT2D eigenvalue weighted by atomic mass is 10.2. The maximum atomic E-state index is 12.8. The van der Waals surface area contributed by atoms with Crippen LogP contribution in [0.1, 0.15) is 23.4 Å². The second-order valence-electron chi connectivity index (χ2n) is 7.79. The number of alkyl halides is 3. The van der Waals surface area contributed by atoms with E-state index in [2.05, 4.69) is 35.8 Å². The molecule has 2 heterocycles. The van der Waals surface area contributed by atoms with Gasteiger partial charge in [0.05, 0.1) is 18.8 Å². The standard InChI is InChI=1S/C22H28F3N7OS/c1-15-14-16(2)28-20(27-15)30-19(26-8-3-9-32-10-12-33-13-11-32)31-21(34)29-18-6-4-17(5-7-18)22(23,24)25/h4-7,14H,3,8-13H2,1-2H3,(H3,26,27,28,29,30,31,34). The van der Waals surface area contributed by atoms with Crippen LogP contribution in [0.3, 0.4) is 0 Å². The molecule has 0 spiro atoms. The Labute approximate surface area is 202 Å². The van der Waals surface area contributed by atoms with Gasteiger partial charge in [0, 0.05) is 43.3 Å². The lowest BCUT2D eigenvalue weighted by Crippen LogP contribution is -2.39. The van der Waals surface area contributed by atoms with E-state index in [1.807, 2.05) is 19.9 Å². The molecule has 1 aromatic heterocycles. The summed E-state index contributed by atoms with van der Waals surface area (Å²) in [6.07, 6.45) is -3.56. The molecule has 1 aliphatic heterocycles. The van der Waals surface area contributed by atoms with Crippen molar-refractivity contribution in [2.24, 2.45) is 4.99 Å². The summed E-state index contributed by atoms with van der Waals surface area (Å²) in [4.78, 5) is 15.6. The van der Waals surface area contributed by atoms with Crippen molar-refractivity contribution in [2.75, 3.05) is 50.0 Å². The van der Waals surface area contributed by atoms with Crippen LogP contribution < -0.4 is 16.0 Å². The molecule has 0 aliphatic carbocycles. The number of nitrogens with one attached hydrogen (secondary N) is 3. The van der Waals surface area contributed by atoms with Crippen LogP contribution in [0, 0.1) is 13.8 Å². The minimum absolute atomic E-state index is 0.170. The van der Waals surface area contributed by atoms with Gasteiger partial charge >= 0.3 is 6.18 Å². The molecular weight excluding hydrogens is 467 g/mol. The van der Waals surface area contributed by atoms with E-state index < -0.39 is 11.7 Å². The Morgan fingerprint density at radius 3 is 2.35 bits per heavy atom. The quantitative estimate of drug-likeness (QED) is 0.243. The highest BCUT2D eigenvalue weighted by Gasteiger charge is 2.29. The fourth-order valence-electron chi connectivity index (χ4n) is 3.32. The number of aromatic nitrogens is 2. The average Bonchev–Trinajstić information content (AvgIpc) is 2.76. The van der Waals surface area contributed by atoms with E-state index in [0.717, 1.165) is 62.8 Å². The Balaban J connectivity index is 1.63. The zero-order chi connectivity index (χ0) is 24.6. The van der Waals surface area contributed by atoms with Crippen LogP contribution in [0.5, 0.6) is 0 Å². The first-order valence-corrected chi connectivity index (χ1v) is 11.3. The predicted molar refractivity (Wildman–Crippen MR) is 130 cm³/mol. The molecule has 2 aromatic rings. The summed E-state index contributed by atoms with van der Waals surface area (Å²) in [7, 11) is 0. The zero-order valence-corrected chi connectivity index (χ0v) is 19.9. The van der Waals surface area contributed by atoms with E-state index >= 15 is 0 Å². The second-order valence-corrected chi connectivity index (χ2v) is 8.20. The van der Waals surface area contributed by atoms with E-state index in [1.54, 1.807) is 0 Å². The first-order valence-electron chi connectivity index (χ1n) is 10.9. The summed E-state index contributed by atoms with van der Waals surface area (Å²) in [5.74, 6) is 0.714. The molecule has 8 nitrogen and oxygen atoms in total. The van der Waals surface area contributed by atoms with Crippen molar-refractivity contribution in [1.29, 1.82) is 0 Å². The molecule has 3 N–H and O–H groups in total. The first-order chi connectivity index (χ1) is 16.2. The van der Waals surface area contributed by atoms with Crippen molar-refractivity contribution in [3.63, 3.8) is 0 Å². The van der Waals surface area contributed by atoms with Gasteiger partial charge in [0.25, 0.3) is 0 Å². The number of nitrogens with zero attached hydrogens (tertiary/aromatic N) is 4. The van der Waals surface area contributed by atoms with Gasteiger partial charge in [-0.25, -0.2) is 9.97 Å². The van der Waals surface area contributed by atoms with Crippen molar-refractivity contribution in [3.8, 4) is 0 Å². The molecule has 1 fully saturated rings. The molecule has 1 aliphatic rings. The number of benzene rings is 1. The van der Waals surface area contributed by atoms with Crippen LogP contribution in [-0.2, 0) is 10.9 Å². The van der Waals surface area contributed by atoms with Gasteiger partial charge < -0.3 is 15.4 Å². The number of hydrogen-bond acceptors (Lipinski definition) is 6. The molecule has 184 valence electrons. The SMILES string of the molecule is Cc1cc(C)nc(NC(=NCCCN2CCOCC2)NC(=S)Nc2ccc(C(F)(F)F)cc2)n1. The van der Waals surface area contributed by atoms with Gasteiger partial charge in [-0.15, -0.1) is 0 Å². The van der Waals surface area contributed by atoms with Gasteiger partial charge in [-0.05, 0) is 62.8 Å². The van der Waals surface area contributed by atoms with E-state index in [4.69, 9.17) is 17.0 Å². The second kappa shape index (κ2) is 12.0. The van der Waals surface area contributed by atoms with Crippen molar-refractivity contribution < 1.29 is 17.9 Å². The molecule has 0 saturated carbocycles. The van der Waals surface area contributed by atoms with Crippen LogP contribution >= 0.6 is 12.2 Å². The number of morpholine rings is 1. The van der Waals surface area contributed by atoms with Gasteiger partial charge in [0.15, 0.2) is 5.11 Å². The maximum Gasteiger partial charge on any atom is 0.416 e. The Bertz CT molecular complexity index is 973. The molecule has 0 bridgehead atoms. The Morgan fingerprint density at radius 2 is 1.74 bits per heavy atom. The van der Waals surface area contributed by atoms with Crippen molar-refractivity contribution >= 4 is 34.9 Å². The van der Waals surface area contributed by atoms with Crippen LogP contribution in [0.4, 0.5) is 24.8 Å². The average molecular weight is 496 g/mol. The summed E-state index contributed by atoms with van der Waals surface area (Å²) in [6.45, 7) is 8.45. The first kappa shape index (κ1) is 25.8. The summed E-state index contributed by atoms with van der Waals surface area (Å²) >= 11 is 5.34. The Kier molecular flexibility index (Phi) is 9.13. The van der Waals surface area contributed by atoms with Crippen LogP contribution in [0.2, 0.25) is 0 Å². The van der Waals surface area contributed by atoms with Gasteiger partial charge in [0.1, 0.15) is 0 Å². The molecule has 34 heavy (non-hydrogen) atoms. The van der Waals surface area contributed by atoms with Crippen LogP contribution in [0.15, 0.2) is 35.3 Å². The van der Waals surface area contributed by atoms with Gasteiger partial charge in [0.2, 0.25) is 11.9 Å². The third kappa shape index (κ3) is 8.50. The summed E-state index contributed by atoms with van der Waals surface area (Å²) in [5, 5.41) is 9.05. The molecule has 1 saturated heterocycles. The molecule has 0 atom stereocenters. The summed E-state index contributed by atoms with van der Waals surface area (Å²) in [5.41, 5.74) is 1.28. The smallest absolute Gasteiger partial charge is 0.379 e. The number of halogens is 3. The highest BCUT2D eigenvalue weighted by molar-refractivity contribution is 7.80. The lowest BCUT2D eigenvalue weighted by Gasteiger charge is -2.26. The van der Waals surface area contributed by atoms with Crippen molar-refractivity contribution in [3.05, 3.63) is 47.3 Å². The molecular formula is C22H28F3N7OS. The third-order valence-corrected chi connectivity index (χ3v) is 5.12. The highest BCUT2D eigenvalue weighted by atomic mass is 32.1. The molecule has 12 heteroatoms. The monoisotopic (exact) mass is 495 g/mol. The fraction of sp³-hybridized carbons (Fsp3) is 0.455. The number of hydrogen-bond donors (Lipinski definition) is 3. The zero-order valence-electron chi connectivity index (χ0n) is 19.1. The third-order valence-electron chi connectivity index (χ3n) is 4.92. The highest BCUT2D eigenvalue weighted by Crippen LogP contribution is 2.29. The van der Waals surface area contributed by atoms with Gasteiger partial charge in [-0.2, -0.15) is 13.2 Å². The molecule has 0 amide bonds. The van der Waals surface area contributed by atoms with E-state index in [-0.39, 0.29) is 5.11 Å². The maximum absolute atomic E-state index is 12.8. The Morgan fingerprint density at radius 1 is 1.09 bits per heavy atom.